The van der Waals surface area contributed by atoms with Crippen LogP contribution >= 0.6 is 11.3 Å². The summed E-state index contributed by atoms with van der Waals surface area (Å²) < 4.78 is 27.1. The molecule has 0 aromatic carbocycles. The van der Waals surface area contributed by atoms with Crippen molar-refractivity contribution >= 4 is 33.1 Å². The number of hydrogen-bond acceptors (Lipinski definition) is 5. The molecule has 0 bridgehead atoms. The van der Waals surface area contributed by atoms with Gasteiger partial charge in [-0.15, -0.1) is 11.3 Å². The third kappa shape index (κ3) is 4.90. The average molecular weight is 437 g/mol. The van der Waals surface area contributed by atoms with Gasteiger partial charge >= 0.3 is 0 Å². The van der Waals surface area contributed by atoms with Crippen molar-refractivity contribution in [3.63, 3.8) is 0 Å². The van der Waals surface area contributed by atoms with Crippen LogP contribution in [-0.2, 0) is 21.2 Å². The zero-order valence-corrected chi connectivity index (χ0v) is 18.1. The highest BCUT2D eigenvalue weighted by Crippen LogP contribution is 2.28. The molecule has 158 valence electrons. The molecule has 2 fully saturated rings. The standard InChI is InChI=1S/C20H28N4O3S2/c25-20(21-18-14-17(22-23-18)13-15-5-2-1-3-6-15)16-8-10-24(11-9-16)29(26,27)19-7-4-12-28-19/h4,7,12,14-16H,1-3,5-6,8-11,13H2,(H2,21,22,23,25). The average Bonchev–Trinajstić information content (AvgIpc) is 3.42. The molecule has 0 radical (unpaired) electrons. The van der Waals surface area contributed by atoms with Crippen molar-refractivity contribution in [2.24, 2.45) is 11.8 Å². The zero-order valence-electron chi connectivity index (χ0n) is 16.5. The summed E-state index contributed by atoms with van der Waals surface area (Å²) in [6.07, 6.45) is 8.54. The third-order valence-corrected chi connectivity index (χ3v) is 9.30. The van der Waals surface area contributed by atoms with Gasteiger partial charge in [-0.3, -0.25) is 9.89 Å². The van der Waals surface area contributed by atoms with E-state index in [1.165, 1.54) is 47.7 Å². The molecule has 1 saturated carbocycles. The van der Waals surface area contributed by atoms with E-state index in [0.29, 0.717) is 41.9 Å². The van der Waals surface area contributed by atoms with E-state index in [1.807, 2.05) is 6.07 Å². The van der Waals surface area contributed by atoms with E-state index < -0.39 is 10.0 Å². The van der Waals surface area contributed by atoms with Gasteiger partial charge in [-0.2, -0.15) is 9.40 Å². The molecule has 0 atom stereocenters. The molecule has 0 spiro atoms. The van der Waals surface area contributed by atoms with Crippen molar-refractivity contribution in [2.75, 3.05) is 18.4 Å². The highest BCUT2D eigenvalue weighted by Gasteiger charge is 2.32. The van der Waals surface area contributed by atoms with Crippen LogP contribution in [0.15, 0.2) is 27.8 Å². The molecule has 2 aromatic heterocycles. The van der Waals surface area contributed by atoms with Crippen LogP contribution in [0.3, 0.4) is 0 Å². The van der Waals surface area contributed by atoms with Gasteiger partial charge in [0.25, 0.3) is 10.0 Å². The van der Waals surface area contributed by atoms with Gasteiger partial charge in [0, 0.05) is 30.8 Å². The van der Waals surface area contributed by atoms with Crippen molar-refractivity contribution in [2.45, 2.75) is 55.6 Å². The Morgan fingerprint density at radius 3 is 2.66 bits per heavy atom. The van der Waals surface area contributed by atoms with Gasteiger partial charge in [0.15, 0.2) is 5.82 Å². The van der Waals surface area contributed by atoms with Crippen molar-refractivity contribution in [1.82, 2.24) is 14.5 Å². The molecule has 4 rings (SSSR count). The molecule has 2 N–H and O–H groups in total. The number of sulfonamides is 1. The second-order valence-corrected chi connectivity index (χ2v) is 11.2. The minimum atomic E-state index is -3.43. The molecule has 2 aliphatic rings. The quantitative estimate of drug-likeness (QED) is 0.723. The molecule has 1 amide bonds. The molecule has 1 aliphatic carbocycles. The first kappa shape index (κ1) is 20.6. The van der Waals surface area contributed by atoms with Crippen LogP contribution in [0.4, 0.5) is 5.82 Å². The lowest BCUT2D eigenvalue weighted by Crippen LogP contribution is -2.41. The number of H-pyrrole nitrogens is 1. The summed E-state index contributed by atoms with van der Waals surface area (Å²) in [5.74, 6) is 1.01. The number of carbonyl (C=O) groups is 1. The topological polar surface area (TPSA) is 95.2 Å². The minimum Gasteiger partial charge on any atom is -0.309 e. The number of carbonyl (C=O) groups excluding carboxylic acids is 1. The Labute approximate surface area is 175 Å². The fourth-order valence-corrected chi connectivity index (χ4v) is 6.97. The van der Waals surface area contributed by atoms with E-state index in [0.717, 1.165) is 12.1 Å². The van der Waals surface area contributed by atoms with Crippen molar-refractivity contribution < 1.29 is 13.2 Å². The molecule has 7 nitrogen and oxygen atoms in total. The predicted octanol–water partition coefficient (Wildman–Crippen LogP) is 3.63. The largest absolute Gasteiger partial charge is 0.309 e. The smallest absolute Gasteiger partial charge is 0.252 e. The Morgan fingerprint density at radius 2 is 1.97 bits per heavy atom. The summed E-state index contributed by atoms with van der Waals surface area (Å²) >= 11 is 1.23. The van der Waals surface area contributed by atoms with Gasteiger partial charge in [-0.25, -0.2) is 8.42 Å². The van der Waals surface area contributed by atoms with E-state index in [4.69, 9.17) is 0 Å². The molecule has 3 heterocycles. The van der Waals surface area contributed by atoms with Crippen LogP contribution in [0.5, 0.6) is 0 Å². The second-order valence-electron chi connectivity index (χ2n) is 8.09. The first-order chi connectivity index (χ1) is 14.0. The van der Waals surface area contributed by atoms with Gasteiger partial charge in [0.1, 0.15) is 4.21 Å². The fourth-order valence-electron chi connectivity index (χ4n) is 4.36. The number of amides is 1. The number of nitrogens with zero attached hydrogens (tertiary/aromatic N) is 2. The van der Waals surface area contributed by atoms with E-state index in [9.17, 15) is 13.2 Å². The van der Waals surface area contributed by atoms with Crippen molar-refractivity contribution in [3.8, 4) is 0 Å². The Kier molecular flexibility index (Phi) is 6.36. The first-order valence-electron chi connectivity index (χ1n) is 10.4. The van der Waals surface area contributed by atoms with Crippen LogP contribution in [0.25, 0.3) is 0 Å². The molecule has 29 heavy (non-hydrogen) atoms. The molecule has 1 aliphatic heterocycles. The number of piperidine rings is 1. The number of aromatic amines is 1. The maximum Gasteiger partial charge on any atom is 0.252 e. The number of hydrogen-bond donors (Lipinski definition) is 2. The number of thiophene rings is 1. The lowest BCUT2D eigenvalue weighted by atomic mass is 9.86. The molecule has 9 heteroatoms. The van der Waals surface area contributed by atoms with Crippen LogP contribution in [0.1, 0.15) is 50.6 Å². The summed E-state index contributed by atoms with van der Waals surface area (Å²) in [6.45, 7) is 0.734. The number of rotatable bonds is 6. The normalized spacial score (nSPS) is 20.0. The van der Waals surface area contributed by atoms with Crippen LogP contribution in [0.2, 0.25) is 0 Å². The first-order valence-corrected chi connectivity index (χ1v) is 12.7. The Hall–Kier alpha value is -1.71. The third-order valence-electron chi connectivity index (χ3n) is 6.03. The maximum absolute atomic E-state index is 12.6. The molecular formula is C20H28N4O3S2. The Morgan fingerprint density at radius 1 is 1.21 bits per heavy atom. The molecule has 2 aromatic rings. The summed E-state index contributed by atoms with van der Waals surface area (Å²) in [4.78, 5) is 12.6. The second kappa shape index (κ2) is 8.97. The summed E-state index contributed by atoms with van der Waals surface area (Å²) in [7, 11) is -3.43. The Bertz CT molecular complexity index is 909. The zero-order chi connectivity index (χ0) is 20.3. The van der Waals surface area contributed by atoms with Gasteiger partial charge in [0.2, 0.25) is 5.91 Å². The van der Waals surface area contributed by atoms with Gasteiger partial charge in [-0.05, 0) is 36.6 Å². The van der Waals surface area contributed by atoms with Crippen molar-refractivity contribution in [1.29, 1.82) is 0 Å². The number of anilines is 1. The summed E-state index contributed by atoms with van der Waals surface area (Å²) in [5.41, 5.74) is 1.07. The van der Waals surface area contributed by atoms with E-state index in [1.54, 1.807) is 17.5 Å². The molecular weight excluding hydrogens is 408 g/mol. The van der Waals surface area contributed by atoms with Crippen LogP contribution < -0.4 is 5.32 Å². The highest BCUT2D eigenvalue weighted by molar-refractivity contribution is 7.91. The predicted molar refractivity (Wildman–Crippen MR) is 113 cm³/mol. The van der Waals surface area contributed by atoms with E-state index in [2.05, 4.69) is 15.5 Å². The monoisotopic (exact) mass is 436 g/mol. The summed E-state index contributed by atoms with van der Waals surface area (Å²) in [5, 5.41) is 12.0. The van der Waals surface area contributed by atoms with Gasteiger partial charge in [0.05, 0.1) is 0 Å². The lowest BCUT2D eigenvalue weighted by Gasteiger charge is -2.29. The number of aromatic nitrogens is 2. The minimum absolute atomic E-state index is 0.0751. The molecule has 1 saturated heterocycles. The SMILES string of the molecule is O=C(Nc1cc(CC2CCCCC2)[nH]n1)C1CCN(S(=O)(=O)c2cccs2)CC1. The highest BCUT2D eigenvalue weighted by atomic mass is 32.2. The van der Waals surface area contributed by atoms with Gasteiger partial charge in [-0.1, -0.05) is 38.2 Å². The van der Waals surface area contributed by atoms with Crippen LogP contribution in [0, 0.1) is 11.8 Å². The fraction of sp³-hybridized carbons (Fsp3) is 0.600. The van der Waals surface area contributed by atoms with E-state index >= 15 is 0 Å². The Balaban J connectivity index is 1.28. The number of nitrogens with one attached hydrogen (secondary N) is 2. The lowest BCUT2D eigenvalue weighted by molar-refractivity contribution is -0.120. The van der Waals surface area contributed by atoms with E-state index in [-0.39, 0.29) is 11.8 Å². The maximum atomic E-state index is 12.6. The summed E-state index contributed by atoms with van der Waals surface area (Å²) in [6, 6.07) is 5.30. The van der Waals surface area contributed by atoms with Gasteiger partial charge < -0.3 is 5.32 Å². The van der Waals surface area contributed by atoms with Crippen LogP contribution in [-0.4, -0.2) is 41.9 Å². The van der Waals surface area contributed by atoms with Crippen molar-refractivity contribution in [3.05, 3.63) is 29.3 Å². The molecule has 0 unspecified atom stereocenters.